The number of hydrogen-bond donors (Lipinski definition) is 0. The zero-order chi connectivity index (χ0) is 30.3. The lowest BCUT2D eigenvalue weighted by Gasteiger charge is -2.42. The van der Waals surface area contributed by atoms with Crippen molar-refractivity contribution in [2.45, 2.75) is 74.4 Å². The summed E-state index contributed by atoms with van der Waals surface area (Å²) in [5.41, 5.74) is 5.34. The molecule has 0 aliphatic carbocycles. The molecule has 0 spiro atoms. The lowest BCUT2D eigenvalue weighted by Crippen LogP contribution is -2.55. The van der Waals surface area contributed by atoms with Crippen LogP contribution in [0.2, 0.25) is 0 Å². The number of halogens is 1. The minimum Gasteiger partial charge on any atom is -0.476 e. The monoisotopic (exact) mass is 616 g/mol. The van der Waals surface area contributed by atoms with Crippen molar-refractivity contribution in [2.24, 2.45) is 0 Å². The first-order valence-corrected chi connectivity index (χ1v) is 17.1. The zero-order valence-electron chi connectivity index (χ0n) is 25.4. The van der Waals surface area contributed by atoms with Gasteiger partial charge in [0.2, 0.25) is 5.88 Å². The van der Waals surface area contributed by atoms with E-state index < -0.39 is 17.8 Å². The largest absolute Gasteiger partial charge is 0.476 e. The van der Waals surface area contributed by atoms with Gasteiger partial charge in [0, 0.05) is 54.9 Å². The van der Waals surface area contributed by atoms with Gasteiger partial charge in [-0.05, 0) is 87.0 Å². The predicted octanol–water partition coefficient (Wildman–Crippen LogP) is 5.10. The molecule has 3 fully saturated rings. The predicted molar refractivity (Wildman–Crippen MR) is 171 cm³/mol. The molecule has 232 valence electrons. The summed E-state index contributed by atoms with van der Waals surface area (Å²) in [7, 11) is 0. The van der Waals surface area contributed by atoms with Crippen LogP contribution >= 0.6 is 11.8 Å². The van der Waals surface area contributed by atoms with E-state index in [1.807, 2.05) is 11.8 Å². The summed E-state index contributed by atoms with van der Waals surface area (Å²) >= 11 is 1.96. The number of hydrogen-bond acceptors (Lipinski definition) is 8. The van der Waals surface area contributed by atoms with Crippen LogP contribution in [0.15, 0.2) is 41.6 Å². The number of amides is 1. The van der Waals surface area contributed by atoms with Crippen LogP contribution in [0.3, 0.4) is 0 Å². The smallest absolute Gasteiger partial charge is 0.282 e. The Hall–Kier alpha value is -3.29. The number of nitriles is 1. The first-order chi connectivity index (χ1) is 21.5. The summed E-state index contributed by atoms with van der Waals surface area (Å²) in [6.45, 7) is 9.06. The molecule has 1 atom stereocenters. The highest BCUT2D eigenvalue weighted by Gasteiger charge is 2.45. The molecule has 0 N–H and O–H groups in total. The minimum absolute atomic E-state index is 0.114. The minimum atomic E-state index is -0.985. The molecule has 3 saturated heterocycles. The summed E-state index contributed by atoms with van der Waals surface area (Å²) in [6, 6.07) is 10.6. The zero-order valence-corrected chi connectivity index (χ0v) is 26.2. The number of anilines is 2. The molecule has 1 amide bonds. The van der Waals surface area contributed by atoms with Crippen LogP contribution in [0.4, 0.5) is 15.9 Å². The van der Waals surface area contributed by atoms with E-state index in [0.29, 0.717) is 32.1 Å². The van der Waals surface area contributed by atoms with Crippen molar-refractivity contribution in [1.29, 1.82) is 5.26 Å². The van der Waals surface area contributed by atoms with Crippen LogP contribution in [-0.4, -0.2) is 83.9 Å². The Balaban J connectivity index is 1.20. The van der Waals surface area contributed by atoms with Gasteiger partial charge < -0.3 is 19.4 Å². The van der Waals surface area contributed by atoms with Crippen molar-refractivity contribution in [1.82, 2.24) is 14.8 Å². The van der Waals surface area contributed by atoms with Gasteiger partial charge in [0.15, 0.2) is 5.83 Å². The van der Waals surface area contributed by atoms with Crippen LogP contribution in [0.1, 0.15) is 55.2 Å². The van der Waals surface area contributed by atoms with E-state index in [-0.39, 0.29) is 12.0 Å². The summed E-state index contributed by atoms with van der Waals surface area (Å²) in [5.74, 6) is 0.991. The van der Waals surface area contributed by atoms with E-state index >= 15 is 0 Å². The summed E-state index contributed by atoms with van der Waals surface area (Å²) in [6.07, 6.45) is 8.06. The quantitative estimate of drug-likeness (QED) is 0.398. The average Bonchev–Trinajstić information content (AvgIpc) is 3.63. The number of thioether (sulfide) groups is 1. The van der Waals surface area contributed by atoms with E-state index in [9.17, 15) is 14.4 Å². The normalized spacial score (nSPS) is 22.6. The topological polar surface area (TPSA) is 75.9 Å². The molecular weight excluding hydrogens is 575 g/mol. The van der Waals surface area contributed by atoms with Gasteiger partial charge in [-0.3, -0.25) is 9.69 Å². The molecule has 0 saturated carbocycles. The van der Waals surface area contributed by atoms with Crippen molar-refractivity contribution >= 4 is 29.2 Å². The SMILES string of the molecule is C=C(F)C(=O)N1CCN(c2nc(OCC34CCCN3CCC4)cc3c2CCN(c2cccc4c2CCCS4)C3)C[C@@H]1CC#N. The number of piperazine rings is 1. The Labute approximate surface area is 263 Å². The summed E-state index contributed by atoms with van der Waals surface area (Å²) in [5, 5.41) is 9.55. The van der Waals surface area contributed by atoms with Gasteiger partial charge in [0.1, 0.15) is 12.4 Å². The fourth-order valence-electron chi connectivity index (χ4n) is 8.16. The van der Waals surface area contributed by atoms with Gasteiger partial charge in [-0.15, -0.1) is 11.8 Å². The van der Waals surface area contributed by atoms with Crippen molar-refractivity contribution in [2.75, 3.05) is 61.4 Å². The number of aromatic nitrogens is 1. The second-order valence-electron chi connectivity index (χ2n) is 12.9. The highest BCUT2D eigenvalue weighted by Crippen LogP contribution is 2.41. The average molecular weight is 617 g/mol. The Bertz CT molecular complexity index is 1480. The fraction of sp³-hybridized carbons (Fsp3) is 0.559. The van der Waals surface area contributed by atoms with E-state index in [0.717, 1.165) is 44.8 Å². The summed E-state index contributed by atoms with van der Waals surface area (Å²) in [4.78, 5) is 27.9. The van der Waals surface area contributed by atoms with E-state index in [2.05, 4.69) is 51.6 Å². The fourth-order valence-corrected chi connectivity index (χ4v) is 9.22. The highest BCUT2D eigenvalue weighted by atomic mass is 32.2. The molecule has 0 bridgehead atoms. The Kier molecular flexibility index (Phi) is 8.19. The standard InChI is InChI=1S/C34H41FN6O2S/c1-24(35)33(42)41-18-17-39(22-26(41)9-13-36)32-27-10-16-38(29-7-2-8-30-28(29)6-3-19-44-30)21-25(27)20-31(37-32)43-23-34-11-4-14-40(34)15-5-12-34/h2,7-8,20,26H,1,3-6,9-12,14-19,21-23H2/t26-/m0/s1. The van der Waals surface area contributed by atoms with Gasteiger partial charge >= 0.3 is 0 Å². The summed E-state index contributed by atoms with van der Waals surface area (Å²) < 4.78 is 20.5. The maximum Gasteiger partial charge on any atom is 0.282 e. The van der Waals surface area contributed by atoms with Crippen LogP contribution in [-0.2, 0) is 24.2 Å². The molecule has 10 heteroatoms. The third-order valence-corrected chi connectivity index (χ3v) is 11.5. The molecule has 5 aliphatic rings. The maximum atomic E-state index is 13.9. The van der Waals surface area contributed by atoms with Crippen molar-refractivity contribution in [3.63, 3.8) is 0 Å². The number of fused-ring (bicyclic) bond motifs is 3. The van der Waals surface area contributed by atoms with Gasteiger partial charge in [-0.2, -0.15) is 10.2 Å². The first kappa shape index (κ1) is 29.4. The molecule has 1 aromatic heterocycles. The molecule has 0 unspecified atom stereocenters. The number of nitrogens with zero attached hydrogens (tertiary/aromatic N) is 6. The van der Waals surface area contributed by atoms with E-state index in [4.69, 9.17) is 9.72 Å². The number of rotatable bonds is 7. The molecule has 0 radical (unpaired) electrons. The van der Waals surface area contributed by atoms with Crippen molar-refractivity contribution in [3.05, 3.63) is 53.4 Å². The Morgan fingerprint density at radius 3 is 2.75 bits per heavy atom. The first-order valence-electron chi connectivity index (χ1n) is 16.1. The molecule has 5 aliphatic heterocycles. The number of carbonyl (C=O) groups excluding carboxylic acids is 1. The number of pyridine rings is 1. The van der Waals surface area contributed by atoms with Crippen LogP contribution in [0, 0.1) is 11.3 Å². The van der Waals surface area contributed by atoms with Gasteiger partial charge in [-0.1, -0.05) is 12.6 Å². The molecule has 2 aromatic rings. The van der Waals surface area contributed by atoms with Gasteiger partial charge in [0.05, 0.1) is 24.1 Å². The lowest BCUT2D eigenvalue weighted by molar-refractivity contribution is -0.131. The van der Waals surface area contributed by atoms with Crippen LogP contribution in [0.25, 0.3) is 0 Å². The number of ether oxygens (including phenoxy) is 1. The van der Waals surface area contributed by atoms with E-state index in [1.165, 1.54) is 70.0 Å². The molecule has 44 heavy (non-hydrogen) atoms. The van der Waals surface area contributed by atoms with Crippen LogP contribution < -0.4 is 14.5 Å². The molecule has 7 rings (SSSR count). The maximum absolute atomic E-state index is 13.9. The van der Waals surface area contributed by atoms with Crippen molar-refractivity contribution in [3.8, 4) is 11.9 Å². The Morgan fingerprint density at radius 2 is 1.95 bits per heavy atom. The molecular formula is C34H41FN6O2S. The lowest BCUT2D eigenvalue weighted by atomic mass is 9.95. The molecule has 1 aromatic carbocycles. The Morgan fingerprint density at radius 1 is 1.11 bits per heavy atom. The second kappa shape index (κ2) is 12.2. The third-order valence-electron chi connectivity index (χ3n) is 10.3. The van der Waals surface area contributed by atoms with Crippen molar-refractivity contribution < 1.29 is 13.9 Å². The van der Waals surface area contributed by atoms with Gasteiger partial charge in [-0.25, -0.2) is 4.39 Å². The van der Waals surface area contributed by atoms with Crippen LogP contribution in [0.5, 0.6) is 5.88 Å². The molecule has 8 nitrogen and oxygen atoms in total. The number of benzene rings is 1. The highest BCUT2D eigenvalue weighted by molar-refractivity contribution is 7.99. The van der Waals surface area contributed by atoms with E-state index in [1.54, 1.807) is 0 Å². The second-order valence-corrected chi connectivity index (χ2v) is 14.0. The molecule has 6 heterocycles. The van der Waals surface area contributed by atoms with Gasteiger partial charge in [0.25, 0.3) is 5.91 Å². The third kappa shape index (κ3) is 5.43. The number of carbonyl (C=O) groups is 1.